The Bertz CT molecular complexity index is 1320. The van der Waals surface area contributed by atoms with Crippen molar-refractivity contribution in [2.45, 2.75) is 20.2 Å². The zero-order chi connectivity index (χ0) is 24.3. The van der Waals surface area contributed by atoms with E-state index in [9.17, 15) is 18.0 Å². The fourth-order valence-electron chi connectivity index (χ4n) is 3.04. The average Bonchev–Trinajstić information content (AvgIpc) is 3.13. The molecule has 0 atom stereocenters. The van der Waals surface area contributed by atoms with Crippen LogP contribution < -0.4 is 14.8 Å². The summed E-state index contributed by atoms with van der Waals surface area (Å²) in [6, 6.07) is 13.0. The van der Waals surface area contributed by atoms with Gasteiger partial charge in [0.05, 0.1) is 11.3 Å². The lowest BCUT2D eigenvalue weighted by Crippen LogP contribution is -2.20. The summed E-state index contributed by atoms with van der Waals surface area (Å²) in [4.78, 5) is 25.1. The van der Waals surface area contributed by atoms with Crippen LogP contribution in [0, 0.1) is 13.8 Å². The summed E-state index contributed by atoms with van der Waals surface area (Å²) in [6.07, 6.45) is -1.88. The van der Waals surface area contributed by atoms with Crippen LogP contribution in [0.5, 0.6) is 17.4 Å². The second-order valence-electron chi connectivity index (χ2n) is 7.12. The van der Waals surface area contributed by atoms with Crippen molar-refractivity contribution in [1.82, 2.24) is 19.5 Å². The molecule has 2 heterocycles. The van der Waals surface area contributed by atoms with Gasteiger partial charge in [-0.15, -0.1) is 13.2 Å². The first-order valence-electron chi connectivity index (χ1n) is 9.96. The van der Waals surface area contributed by atoms with E-state index in [1.54, 1.807) is 36.7 Å². The van der Waals surface area contributed by atoms with Crippen molar-refractivity contribution in [3.8, 4) is 23.2 Å². The van der Waals surface area contributed by atoms with E-state index in [0.29, 0.717) is 23.1 Å². The standard InChI is InChI=1S/C23H18F3N5O3/c1-14-15(2)31(13-29-14)20-11-21(28-12-27-20)33-17-9-7-16(8-10-17)30-22(32)18-5-3-4-6-19(18)34-23(24,25)26/h3-13H,1-2H3,(H,30,32). The number of imidazole rings is 1. The molecule has 174 valence electrons. The summed E-state index contributed by atoms with van der Waals surface area (Å²) in [5.41, 5.74) is 1.92. The summed E-state index contributed by atoms with van der Waals surface area (Å²) in [5.74, 6) is -0.0187. The van der Waals surface area contributed by atoms with E-state index in [-0.39, 0.29) is 5.56 Å². The molecule has 8 nitrogen and oxygen atoms in total. The van der Waals surface area contributed by atoms with Crippen molar-refractivity contribution in [2.75, 3.05) is 5.32 Å². The number of carbonyl (C=O) groups excluding carboxylic acids is 1. The van der Waals surface area contributed by atoms with E-state index in [2.05, 4.69) is 25.0 Å². The Labute approximate surface area is 192 Å². The maximum atomic E-state index is 12.6. The number of aromatic nitrogens is 4. The van der Waals surface area contributed by atoms with Crippen LogP contribution in [-0.4, -0.2) is 31.8 Å². The highest BCUT2D eigenvalue weighted by Crippen LogP contribution is 2.28. The number of alkyl halides is 3. The Balaban J connectivity index is 1.45. The van der Waals surface area contributed by atoms with Crippen LogP contribution >= 0.6 is 0 Å². The Morgan fingerprint density at radius 3 is 2.41 bits per heavy atom. The quantitative estimate of drug-likeness (QED) is 0.416. The summed E-state index contributed by atoms with van der Waals surface area (Å²) in [6.45, 7) is 3.82. The molecule has 4 aromatic rings. The van der Waals surface area contributed by atoms with Crippen LogP contribution in [0.1, 0.15) is 21.7 Å². The van der Waals surface area contributed by atoms with Crippen molar-refractivity contribution in [3.05, 3.63) is 84.2 Å². The van der Waals surface area contributed by atoms with Gasteiger partial charge in [0.25, 0.3) is 5.91 Å². The van der Waals surface area contributed by atoms with Gasteiger partial charge in [-0.05, 0) is 50.2 Å². The summed E-state index contributed by atoms with van der Waals surface area (Å²) >= 11 is 0. The lowest BCUT2D eigenvalue weighted by atomic mass is 10.2. The molecule has 0 aliphatic carbocycles. The van der Waals surface area contributed by atoms with E-state index >= 15 is 0 Å². The number of nitrogens with zero attached hydrogens (tertiary/aromatic N) is 4. The number of nitrogens with one attached hydrogen (secondary N) is 1. The summed E-state index contributed by atoms with van der Waals surface area (Å²) < 4.78 is 49.3. The first kappa shape index (κ1) is 22.8. The molecule has 0 unspecified atom stereocenters. The third-order valence-electron chi connectivity index (χ3n) is 4.82. The van der Waals surface area contributed by atoms with Gasteiger partial charge in [0.2, 0.25) is 5.88 Å². The first-order valence-corrected chi connectivity index (χ1v) is 9.96. The third-order valence-corrected chi connectivity index (χ3v) is 4.82. The van der Waals surface area contributed by atoms with Crippen LogP contribution in [-0.2, 0) is 0 Å². The Hall–Kier alpha value is -4.41. The van der Waals surface area contributed by atoms with Crippen LogP contribution in [0.3, 0.4) is 0 Å². The largest absolute Gasteiger partial charge is 0.573 e. The number of aryl methyl sites for hydroxylation is 1. The maximum absolute atomic E-state index is 12.6. The van der Waals surface area contributed by atoms with Gasteiger partial charge in [-0.2, -0.15) is 0 Å². The number of anilines is 1. The molecule has 34 heavy (non-hydrogen) atoms. The molecule has 2 aromatic carbocycles. The maximum Gasteiger partial charge on any atom is 0.573 e. The second-order valence-corrected chi connectivity index (χ2v) is 7.12. The zero-order valence-electron chi connectivity index (χ0n) is 18.0. The number of hydrogen-bond donors (Lipinski definition) is 1. The minimum absolute atomic E-state index is 0.251. The van der Waals surface area contributed by atoms with E-state index in [1.807, 2.05) is 18.4 Å². The highest BCUT2D eigenvalue weighted by Gasteiger charge is 2.32. The fraction of sp³-hybridized carbons (Fsp3) is 0.130. The molecule has 0 saturated carbocycles. The lowest BCUT2D eigenvalue weighted by molar-refractivity contribution is -0.274. The van der Waals surface area contributed by atoms with Gasteiger partial charge >= 0.3 is 6.36 Å². The Morgan fingerprint density at radius 1 is 1.00 bits per heavy atom. The predicted molar refractivity (Wildman–Crippen MR) is 116 cm³/mol. The number of hydrogen-bond acceptors (Lipinski definition) is 6. The van der Waals surface area contributed by atoms with Crippen molar-refractivity contribution in [2.24, 2.45) is 0 Å². The van der Waals surface area contributed by atoms with E-state index in [0.717, 1.165) is 17.5 Å². The number of carbonyl (C=O) groups is 1. The molecule has 2 aromatic heterocycles. The summed E-state index contributed by atoms with van der Waals surface area (Å²) in [7, 11) is 0. The first-order chi connectivity index (χ1) is 16.2. The topological polar surface area (TPSA) is 91.2 Å². The number of halogens is 3. The molecule has 1 N–H and O–H groups in total. The monoisotopic (exact) mass is 469 g/mol. The van der Waals surface area contributed by atoms with Crippen molar-refractivity contribution in [1.29, 1.82) is 0 Å². The van der Waals surface area contributed by atoms with Gasteiger partial charge in [0.15, 0.2) is 0 Å². The van der Waals surface area contributed by atoms with Crippen LogP contribution in [0.4, 0.5) is 18.9 Å². The molecule has 4 rings (SSSR count). The van der Waals surface area contributed by atoms with Gasteiger partial charge in [-0.1, -0.05) is 12.1 Å². The minimum Gasteiger partial charge on any atom is -0.439 e. The minimum atomic E-state index is -4.91. The summed E-state index contributed by atoms with van der Waals surface area (Å²) in [5, 5.41) is 2.54. The molecule has 0 aliphatic heterocycles. The normalized spacial score (nSPS) is 11.2. The number of ether oxygens (including phenoxy) is 2. The molecule has 0 radical (unpaired) electrons. The predicted octanol–water partition coefficient (Wildman–Crippen LogP) is 5.22. The molecule has 0 saturated heterocycles. The van der Waals surface area contributed by atoms with Gasteiger partial charge in [0.1, 0.15) is 30.0 Å². The number of amides is 1. The Kier molecular flexibility index (Phi) is 6.17. The van der Waals surface area contributed by atoms with Gasteiger partial charge in [-0.3, -0.25) is 9.36 Å². The van der Waals surface area contributed by atoms with E-state index < -0.39 is 18.0 Å². The van der Waals surface area contributed by atoms with Gasteiger partial charge in [0, 0.05) is 17.4 Å². The van der Waals surface area contributed by atoms with Crippen LogP contribution in [0.25, 0.3) is 5.82 Å². The molecule has 0 fully saturated rings. The second kappa shape index (κ2) is 9.22. The highest BCUT2D eigenvalue weighted by molar-refractivity contribution is 6.06. The zero-order valence-corrected chi connectivity index (χ0v) is 18.0. The van der Waals surface area contributed by atoms with Gasteiger partial charge < -0.3 is 14.8 Å². The molecule has 1 amide bonds. The van der Waals surface area contributed by atoms with Crippen molar-refractivity contribution >= 4 is 11.6 Å². The number of benzene rings is 2. The average molecular weight is 469 g/mol. The van der Waals surface area contributed by atoms with Crippen molar-refractivity contribution < 1.29 is 27.4 Å². The fourth-order valence-corrected chi connectivity index (χ4v) is 3.04. The molecule has 0 aliphatic rings. The SMILES string of the molecule is Cc1ncn(-c2cc(Oc3ccc(NC(=O)c4ccccc4OC(F)(F)F)cc3)ncn2)c1C. The smallest absolute Gasteiger partial charge is 0.439 e. The molecular weight excluding hydrogens is 451 g/mol. The molecule has 0 bridgehead atoms. The third kappa shape index (κ3) is 5.31. The van der Waals surface area contributed by atoms with Gasteiger partial charge in [-0.25, -0.2) is 15.0 Å². The van der Waals surface area contributed by atoms with E-state index in [1.165, 1.54) is 24.5 Å². The lowest BCUT2D eigenvalue weighted by Gasteiger charge is -2.13. The van der Waals surface area contributed by atoms with Crippen LogP contribution in [0.15, 0.2) is 67.3 Å². The number of para-hydroxylation sites is 1. The molecule has 0 spiro atoms. The Morgan fingerprint density at radius 2 is 1.74 bits per heavy atom. The molecule has 11 heteroatoms. The molecular formula is C23H18F3N5O3. The number of rotatable bonds is 6. The van der Waals surface area contributed by atoms with Crippen molar-refractivity contribution in [3.63, 3.8) is 0 Å². The van der Waals surface area contributed by atoms with E-state index in [4.69, 9.17) is 4.74 Å². The highest BCUT2D eigenvalue weighted by atomic mass is 19.4. The van der Waals surface area contributed by atoms with Crippen LogP contribution in [0.2, 0.25) is 0 Å².